The number of aliphatic carboxylic acids is 1. The van der Waals surface area contributed by atoms with Crippen molar-refractivity contribution >= 4 is 36.3 Å². The van der Waals surface area contributed by atoms with Gasteiger partial charge < -0.3 is 26.4 Å². The van der Waals surface area contributed by atoms with Gasteiger partial charge >= 0.3 is 5.97 Å². The predicted octanol–water partition coefficient (Wildman–Crippen LogP) is -2.06. The molecule has 10 heteroatoms. The highest BCUT2D eigenvalue weighted by Gasteiger charge is 2.37. The van der Waals surface area contributed by atoms with Crippen LogP contribution in [0, 0.1) is 0 Å². The normalized spacial score (nSPS) is 19.8. The van der Waals surface area contributed by atoms with Gasteiger partial charge in [0.1, 0.15) is 18.1 Å². The summed E-state index contributed by atoms with van der Waals surface area (Å²) in [5.41, 5.74) is 5.21. The monoisotopic (exact) mass is 346 g/mol. The number of carboxylic acid groups (broad SMARTS) is 1. The summed E-state index contributed by atoms with van der Waals surface area (Å²) < 4.78 is 0. The molecule has 1 aliphatic rings. The molecule has 1 saturated heterocycles. The first-order valence-electron chi connectivity index (χ1n) is 7.25. The molecule has 130 valence electrons. The first kappa shape index (κ1) is 19.2. The van der Waals surface area contributed by atoms with Gasteiger partial charge in [0.2, 0.25) is 17.7 Å². The second-order valence-electron chi connectivity index (χ2n) is 5.26. The van der Waals surface area contributed by atoms with E-state index in [0.717, 1.165) is 0 Å². The van der Waals surface area contributed by atoms with Crippen LogP contribution < -0.4 is 16.4 Å². The number of likely N-dealkylation sites (tertiary alicyclic amines) is 1. The third-order valence-electron chi connectivity index (χ3n) is 3.57. The molecule has 0 radical (unpaired) electrons. The topological polar surface area (TPSA) is 142 Å². The van der Waals surface area contributed by atoms with Gasteiger partial charge in [-0.1, -0.05) is 0 Å². The van der Waals surface area contributed by atoms with Crippen molar-refractivity contribution in [2.75, 3.05) is 18.8 Å². The van der Waals surface area contributed by atoms with Crippen molar-refractivity contribution in [2.24, 2.45) is 5.73 Å². The summed E-state index contributed by atoms with van der Waals surface area (Å²) in [7, 11) is 0. The standard InChI is InChI=1S/C13H22N4O5S/c1-7(13(21)22)15-11(19)9-3-2-4-17(9)12(20)8(6-23)16-10(18)5-14/h7-9,23H,2-6,14H2,1H3,(H,15,19)(H,16,18)(H,21,22). The zero-order chi connectivity index (χ0) is 17.6. The van der Waals surface area contributed by atoms with Gasteiger partial charge in [-0.25, -0.2) is 0 Å². The number of nitrogens with one attached hydrogen (secondary N) is 2. The lowest BCUT2D eigenvalue weighted by molar-refractivity contribution is -0.144. The Morgan fingerprint density at radius 2 is 2.00 bits per heavy atom. The van der Waals surface area contributed by atoms with Gasteiger partial charge in [-0.15, -0.1) is 0 Å². The molecule has 0 bridgehead atoms. The first-order valence-corrected chi connectivity index (χ1v) is 7.89. The van der Waals surface area contributed by atoms with Gasteiger partial charge in [0.15, 0.2) is 0 Å². The van der Waals surface area contributed by atoms with Crippen molar-refractivity contribution in [2.45, 2.75) is 37.9 Å². The molecule has 0 aromatic carbocycles. The fourth-order valence-corrected chi connectivity index (χ4v) is 2.56. The molecule has 0 aromatic heterocycles. The number of amides is 3. The van der Waals surface area contributed by atoms with Crippen LogP contribution in [0.2, 0.25) is 0 Å². The molecule has 0 spiro atoms. The van der Waals surface area contributed by atoms with Gasteiger partial charge in [0, 0.05) is 12.3 Å². The Labute approximate surface area is 139 Å². The van der Waals surface area contributed by atoms with Crippen LogP contribution in [0.25, 0.3) is 0 Å². The molecule has 0 aliphatic carbocycles. The number of carbonyl (C=O) groups excluding carboxylic acids is 3. The van der Waals surface area contributed by atoms with E-state index in [4.69, 9.17) is 10.8 Å². The minimum absolute atomic E-state index is 0.0704. The van der Waals surface area contributed by atoms with Gasteiger partial charge in [-0.2, -0.15) is 12.6 Å². The Hall–Kier alpha value is -1.81. The maximum Gasteiger partial charge on any atom is 0.325 e. The summed E-state index contributed by atoms with van der Waals surface area (Å²) in [5, 5.41) is 13.6. The fraction of sp³-hybridized carbons (Fsp3) is 0.692. The van der Waals surface area contributed by atoms with E-state index in [2.05, 4.69) is 23.3 Å². The van der Waals surface area contributed by atoms with Crippen molar-refractivity contribution in [1.82, 2.24) is 15.5 Å². The fourth-order valence-electron chi connectivity index (χ4n) is 2.31. The quantitative estimate of drug-likeness (QED) is 0.336. The molecule has 5 N–H and O–H groups in total. The van der Waals surface area contributed by atoms with Crippen LogP contribution >= 0.6 is 12.6 Å². The predicted molar refractivity (Wildman–Crippen MR) is 84.8 cm³/mol. The highest BCUT2D eigenvalue weighted by molar-refractivity contribution is 7.80. The van der Waals surface area contributed by atoms with Crippen molar-refractivity contribution < 1.29 is 24.3 Å². The van der Waals surface area contributed by atoms with Crippen molar-refractivity contribution in [3.8, 4) is 0 Å². The third kappa shape index (κ3) is 5.10. The molecule has 23 heavy (non-hydrogen) atoms. The summed E-state index contributed by atoms with van der Waals surface area (Å²) in [5.74, 6) is -2.52. The summed E-state index contributed by atoms with van der Waals surface area (Å²) in [6.45, 7) is 1.46. The summed E-state index contributed by atoms with van der Waals surface area (Å²) in [4.78, 5) is 48.2. The van der Waals surface area contributed by atoms with Crippen LogP contribution in [0.15, 0.2) is 0 Å². The van der Waals surface area contributed by atoms with Crippen molar-refractivity contribution in [1.29, 1.82) is 0 Å². The summed E-state index contributed by atoms with van der Waals surface area (Å²) >= 11 is 4.04. The minimum Gasteiger partial charge on any atom is -0.480 e. The largest absolute Gasteiger partial charge is 0.480 e. The number of hydrogen-bond donors (Lipinski definition) is 5. The maximum absolute atomic E-state index is 12.5. The Kier molecular flexibility index (Phi) is 7.30. The molecule has 0 saturated carbocycles. The highest BCUT2D eigenvalue weighted by Crippen LogP contribution is 2.19. The van der Waals surface area contributed by atoms with E-state index in [1.54, 1.807) is 0 Å². The average Bonchev–Trinajstić information content (AvgIpc) is 3.00. The molecule has 1 fully saturated rings. The van der Waals surface area contributed by atoms with E-state index < -0.39 is 41.8 Å². The van der Waals surface area contributed by atoms with E-state index in [1.807, 2.05) is 0 Å². The number of hydrogen-bond acceptors (Lipinski definition) is 6. The zero-order valence-corrected chi connectivity index (χ0v) is 13.7. The summed E-state index contributed by atoms with van der Waals surface area (Å²) in [6.07, 6.45) is 1.06. The molecule has 9 nitrogen and oxygen atoms in total. The lowest BCUT2D eigenvalue weighted by Gasteiger charge is -2.28. The number of nitrogens with two attached hydrogens (primary N) is 1. The molecule has 1 aliphatic heterocycles. The molecule has 1 rings (SSSR count). The average molecular weight is 346 g/mol. The molecule has 3 amide bonds. The lowest BCUT2D eigenvalue weighted by atomic mass is 10.1. The number of nitrogens with zero attached hydrogens (tertiary/aromatic N) is 1. The maximum atomic E-state index is 12.5. The Morgan fingerprint density at radius 3 is 2.52 bits per heavy atom. The Morgan fingerprint density at radius 1 is 1.35 bits per heavy atom. The number of carboxylic acids is 1. The van der Waals surface area contributed by atoms with Crippen LogP contribution in [0.1, 0.15) is 19.8 Å². The van der Waals surface area contributed by atoms with Crippen LogP contribution in [0.4, 0.5) is 0 Å². The molecular weight excluding hydrogens is 324 g/mol. The molecule has 3 atom stereocenters. The number of thiol groups is 1. The Bertz CT molecular complexity index is 487. The minimum atomic E-state index is -1.15. The van der Waals surface area contributed by atoms with Crippen LogP contribution in [0.3, 0.4) is 0 Å². The molecule has 3 unspecified atom stereocenters. The second-order valence-corrected chi connectivity index (χ2v) is 5.63. The number of carbonyl (C=O) groups is 4. The van der Waals surface area contributed by atoms with E-state index in [-0.39, 0.29) is 12.3 Å². The molecule has 1 heterocycles. The van der Waals surface area contributed by atoms with E-state index >= 15 is 0 Å². The first-order chi connectivity index (χ1) is 10.8. The SMILES string of the molecule is CC(NC(=O)C1CCCN1C(=O)C(CS)NC(=O)CN)C(=O)O. The van der Waals surface area contributed by atoms with Crippen LogP contribution in [-0.4, -0.2) is 70.7 Å². The highest BCUT2D eigenvalue weighted by atomic mass is 32.1. The van der Waals surface area contributed by atoms with Gasteiger partial charge in [0.05, 0.1) is 6.54 Å². The van der Waals surface area contributed by atoms with Crippen molar-refractivity contribution in [3.05, 3.63) is 0 Å². The number of rotatable bonds is 7. The van der Waals surface area contributed by atoms with Crippen LogP contribution in [0.5, 0.6) is 0 Å². The van der Waals surface area contributed by atoms with E-state index in [0.29, 0.717) is 19.4 Å². The zero-order valence-electron chi connectivity index (χ0n) is 12.8. The molecule has 0 aromatic rings. The van der Waals surface area contributed by atoms with Gasteiger partial charge in [-0.3, -0.25) is 19.2 Å². The van der Waals surface area contributed by atoms with Gasteiger partial charge in [0.25, 0.3) is 0 Å². The van der Waals surface area contributed by atoms with E-state index in [1.165, 1.54) is 11.8 Å². The van der Waals surface area contributed by atoms with Crippen molar-refractivity contribution in [3.63, 3.8) is 0 Å². The summed E-state index contributed by atoms with van der Waals surface area (Å²) in [6, 6.07) is -2.67. The third-order valence-corrected chi connectivity index (χ3v) is 3.93. The molecular formula is C13H22N4O5S. The smallest absolute Gasteiger partial charge is 0.325 e. The van der Waals surface area contributed by atoms with Gasteiger partial charge in [-0.05, 0) is 19.8 Å². The van der Waals surface area contributed by atoms with Crippen LogP contribution in [-0.2, 0) is 19.2 Å². The van der Waals surface area contributed by atoms with E-state index in [9.17, 15) is 19.2 Å². The Balaban J connectivity index is 2.76. The second kappa shape index (κ2) is 8.73. The lowest BCUT2D eigenvalue weighted by Crippen LogP contribution is -2.56.